The number of nitrogens with zero attached hydrogens (tertiary/aromatic N) is 1. The summed E-state index contributed by atoms with van der Waals surface area (Å²) in [6.07, 6.45) is -2.88. The number of pyridine rings is 1. The number of unbranched alkanes of at least 4 members (excludes halogenated alkanes) is 1. The molecule has 0 fully saturated rings. The second-order valence-corrected chi connectivity index (χ2v) is 4.69. The molecule has 0 aliphatic rings. The summed E-state index contributed by atoms with van der Waals surface area (Å²) in [4.78, 5) is 3.81. The molecule has 0 bridgehead atoms. The van der Waals surface area contributed by atoms with E-state index in [9.17, 15) is 13.2 Å². The third-order valence-corrected chi connectivity index (χ3v) is 2.77. The lowest BCUT2D eigenvalue weighted by Crippen LogP contribution is -2.10. The zero-order chi connectivity index (χ0) is 15.7. The van der Waals surface area contributed by atoms with Crippen molar-refractivity contribution in [3.05, 3.63) is 22.8 Å². The minimum absolute atomic E-state index is 0.120. The van der Waals surface area contributed by atoms with Crippen molar-refractivity contribution < 1.29 is 22.6 Å². The van der Waals surface area contributed by atoms with Crippen molar-refractivity contribution in [2.24, 2.45) is 0 Å². The van der Waals surface area contributed by atoms with Gasteiger partial charge in [-0.25, -0.2) is 4.98 Å². The molecule has 0 saturated carbocycles. The van der Waals surface area contributed by atoms with Gasteiger partial charge in [0.25, 0.3) is 0 Å². The zero-order valence-electron chi connectivity index (χ0n) is 11.7. The molecular weight excluding hydrogens is 309 g/mol. The van der Waals surface area contributed by atoms with Crippen LogP contribution >= 0.6 is 11.6 Å². The monoisotopic (exact) mass is 326 g/mol. The Hall–Kier alpha value is -1.05. The molecule has 8 heteroatoms. The molecule has 4 nitrogen and oxygen atoms in total. The summed E-state index contributed by atoms with van der Waals surface area (Å²) in [5.41, 5.74) is -0.812. The van der Waals surface area contributed by atoms with Crippen LogP contribution in [0.4, 0.5) is 19.0 Å². The van der Waals surface area contributed by atoms with Gasteiger partial charge in [0.2, 0.25) is 0 Å². The van der Waals surface area contributed by atoms with E-state index in [4.69, 9.17) is 21.1 Å². The second kappa shape index (κ2) is 9.07. The average Bonchev–Trinajstić information content (AvgIpc) is 2.40. The normalized spacial score (nSPS) is 11.7. The standard InChI is InChI=1S/C13H18ClF3N2O2/c1-20-6-7-21-5-3-2-4-18-12-9-10(13(15,16)17)8-11(14)19-12/h8-9H,2-7H2,1H3,(H,18,19). The molecule has 120 valence electrons. The van der Waals surface area contributed by atoms with Crippen molar-refractivity contribution in [2.45, 2.75) is 19.0 Å². The van der Waals surface area contributed by atoms with E-state index in [2.05, 4.69) is 10.3 Å². The molecule has 21 heavy (non-hydrogen) atoms. The fraction of sp³-hybridized carbons (Fsp3) is 0.615. The van der Waals surface area contributed by atoms with Crippen LogP contribution in [0.1, 0.15) is 18.4 Å². The van der Waals surface area contributed by atoms with E-state index in [0.717, 1.165) is 25.0 Å². The van der Waals surface area contributed by atoms with E-state index in [1.54, 1.807) is 7.11 Å². The Morgan fingerprint density at radius 3 is 2.62 bits per heavy atom. The number of nitrogens with one attached hydrogen (secondary N) is 1. The van der Waals surface area contributed by atoms with Gasteiger partial charge in [0.05, 0.1) is 18.8 Å². The SMILES string of the molecule is COCCOCCCCNc1cc(C(F)(F)F)cc(Cl)n1. The van der Waals surface area contributed by atoms with E-state index in [0.29, 0.717) is 26.4 Å². The molecule has 0 unspecified atom stereocenters. The van der Waals surface area contributed by atoms with Crippen LogP contribution in [0.2, 0.25) is 5.15 Å². The summed E-state index contributed by atoms with van der Waals surface area (Å²) in [6, 6.07) is 1.75. The lowest BCUT2D eigenvalue weighted by Gasteiger charge is -2.10. The molecule has 0 atom stereocenters. The van der Waals surface area contributed by atoms with Gasteiger partial charge in [-0.3, -0.25) is 0 Å². The highest BCUT2D eigenvalue weighted by atomic mass is 35.5. The van der Waals surface area contributed by atoms with Gasteiger partial charge in [0, 0.05) is 20.3 Å². The number of aromatic nitrogens is 1. The lowest BCUT2D eigenvalue weighted by atomic mass is 10.2. The van der Waals surface area contributed by atoms with Gasteiger partial charge in [0.1, 0.15) is 11.0 Å². The maximum atomic E-state index is 12.6. The lowest BCUT2D eigenvalue weighted by molar-refractivity contribution is -0.137. The van der Waals surface area contributed by atoms with Gasteiger partial charge in [-0.2, -0.15) is 13.2 Å². The summed E-state index contributed by atoms with van der Waals surface area (Å²) in [6.45, 7) is 2.17. The van der Waals surface area contributed by atoms with Crippen LogP contribution in [-0.4, -0.2) is 38.5 Å². The van der Waals surface area contributed by atoms with Crippen LogP contribution in [0.3, 0.4) is 0 Å². The quantitative estimate of drug-likeness (QED) is 0.556. The predicted molar refractivity (Wildman–Crippen MR) is 74.7 cm³/mol. The third kappa shape index (κ3) is 7.50. The van der Waals surface area contributed by atoms with Gasteiger partial charge >= 0.3 is 6.18 Å². The fourth-order valence-corrected chi connectivity index (χ4v) is 1.75. The van der Waals surface area contributed by atoms with Gasteiger partial charge < -0.3 is 14.8 Å². The Kier molecular flexibility index (Phi) is 7.77. The molecule has 1 aromatic rings. The van der Waals surface area contributed by atoms with E-state index in [-0.39, 0.29) is 11.0 Å². The maximum absolute atomic E-state index is 12.6. The van der Waals surface area contributed by atoms with E-state index in [1.165, 1.54) is 0 Å². The Morgan fingerprint density at radius 1 is 1.19 bits per heavy atom. The van der Waals surface area contributed by atoms with Crippen molar-refractivity contribution in [3.8, 4) is 0 Å². The fourth-order valence-electron chi connectivity index (χ4n) is 1.54. The van der Waals surface area contributed by atoms with Crippen LogP contribution < -0.4 is 5.32 Å². The van der Waals surface area contributed by atoms with Crippen LogP contribution in [-0.2, 0) is 15.7 Å². The van der Waals surface area contributed by atoms with Gasteiger partial charge in [-0.1, -0.05) is 11.6 Å². The third-order valence-electron chi connectivity index (χ3n) is 2.57. The zero-order valence-corrected chi connectivity index (χ0v) is 12.4. The smallest absolute Gasteiger partial charge is 0.382 e. The first-order valence-corrected chi connectivity index (χ1v) is 6.86. The van der Waals surface area contributed by atoms with Crippen molar-refractivity contribution >= 4 is 17.4 Å². The van der Waals surface area contributed by atoms with Gasteiger partial charge in [-0.05, 0) is 25.0 Å². The number of ether oxygens (including phenoxy) is 2. The van der Waals surface area contributed by atoms with Crippen molar-refractivity contribution in [3.63, 3.8) is 0 Å². The summed E-state index contributed by atoms with van der Waals surface area (Å²) in [7, 11) is 1.60. The summed E-state index contributed by atoms with van der Waals surface area (Å²) < 4.78 is 47.9. The number of alkyl halides is 3. The molecule has 0 radical (unpaired) electrons. The maximum Gasteiger partial charge on any atom is 0.416 e. The van der Waals surface area contributed by atoms with Crippen molar-refractivity contribution in [2.75, 3.05) is 38.8 Å². The predicted octanol–water partition coefficient (Wildman–Crippen LogP) is 3.61. The Bertz CT molecular complexity index is 430. The Labute approximate surface area is 126 Å². The molecule has 1 rings (SSSR count). The summed E-state index contributed by atoms with van der Waals surface area (Å²) in [5.74, 6) is 0.120. The van der Waals surface area contributed by atoms with Gasteiger partial charge in [-0.15, -0.1) is 0 Å². The first-order chi connectivity index (χ1) is 9.93. The molecule has 0 amide bonds. The van der Waals surface area contributed by atoms with Crippen molar-refractivity contribution in [1.29, 1.82) is 0 Å². The molecular formula is C13H18ClF3N2O2. The number of hydrogen-bond acceptors (Lipinski definition) is 4. The van der Waals surface area contributed by atoms with E-state index >= 15 is 0 Å². The number of rotatable bonds is 9. The highest BCUT2D eigenvalue weighted by molar-refractivity contribution is 6.29. The molecule has 0 aliphatic heterocycles. The molecule has 0 spiro atoms. The number of halogens is 4. The molecule has 0 aliphatic carbocycles. The highest BCUT2D eigenvalue weighted by Gasteiger charge is 2.31. The van der Waals surface area contributed by atoms with Crippen LogP contribution in [0.15, 0.2) is 12.1 Å². The minimum atomic E-state index is -4.43. The topological polar surface area (TPSA) is 43.4 Å². The second-order valence-electron chi connectivity index (χ2n) is 4.30. The Morgan fingerprint density at radius 2 is 1.95 bits per heavy atom. The highest BCUT2D eigenvalue weighted by Crippen LogP contribution is 2.31. The molecule has 1 aromatic heterocycles. The van der Waals surface area contributed by atoms with Crippen LogP contribution in [0, 0.1) is 0 Å². The first-order valence-electron chi connectivity index (χ1n) is 6.49. The van der Waals surface area contributed by atoms with Crippen LogP contribution in [0.25, 0.3) is 0 Å². The number of hydrogen-bond donors (Lipinski definition) is 1. The summed E-state index contributed by atoms with van der Waals surface area (Å²) in [5, 5.41) is 2.64. The summed E-state index contributed by atoms with van der Waals surface area (Å²) >= 11 is 5.58. The molecule has 1 heterocycles. The van der Waals surface area contributed by atoms with Gasteiger partial charge in [0.15, 0.2) is 0 Å². The Balaban J connectivity index is 2.31. The van der Waals surface area contributed by atoms with Crippen molar-refractivity contribution in [1.82, 2.24) is 4.98 Å². The molecule has 0 saturated heterocycles. The van der Waals surface area contributed by atoms with E-state index < -0.39 is 11.7 Å². The molecule has 0 aromatic carbocycles. The number of anilines is 1. The minimum Gasteiger partial charge on any atom is -0.382 e. The van der Waals surface area contributed by atoms with Crippen LogP contribution in [0.5, 0.6) is 0 Å². The average molecular weight is 327 g/mol. The number of methoxy groups -OCH3 is 1. The van der Waals surface area contributed by atoms with E-state index in [1.807, 2.05) is 0 Å². The first kappa shape index (κ1) is 18.0. The largest absolute Gasteiger partial charge is 0.416 e. The molecule has 1 N–H and O–H groups in total.